The van der Waals surface area contributed by atoms with E-state index in [-0.39, 0.29) is 0 Å². The fourth-order valence-corrected chi connectivity index (χ4v) is 2.29. The second-order valence-corrected chi connectivity index (χ2v) is 4.42. The van der Waals surface area contributed by atoms with Crippen molar-refractivity contribution in [2.24, 2.45) is 0 Å². The maximum atomic E-state index is 10.0. The van der Waals surface area contributed by atoms with Crippen molar-refractivity contribution < 1.29 is 5.11 Å². The average molecular weight is 241 g/mol. The zero-order valence-electron chi connectivity index (χ0n) is 10.1. The Morgan fingerprint density at radius 2 is 2.17 bits per heavy atom. The van der Waals surface area contributed by atoms with Crippen LogP contribution in [0.1, 0.15) is 11.7 Å². The molecule has 3 rings (SSSR count). The number of fused-ring (bicyclic) bond motifs is 3. The molecule has 1 atom stereocenters. The number of nitrogens with zero attached hydrogens (tertiary/aromatic N) is 1. The summed E-state index contributed by atoms with van der Waals surface area (Å²) in [6.45, 7) is 0.551. The van der Waals surface area contributed by atoms with E-state index in [1.165, 1.54) is 0 Å². The molecule has 0 saturated heterocycles. The van der Waals surface area contributed by atoms with Gasteiger partial charge >= 0.3 is 0 Å². The second kappa shape index (κ2) is 4.40. The standard InChI is InChI=1S/C14H15N3O/c1-15-8-14(18)9-2-3-12-11(6-9)10-4-5-16-7-13(10)17-12/h2-7,14-15,17-18H,8H2,1H3. The van der Waals surface area contributed by atoms with Crippen molar-refractivity contribution >= 4 is 21.8 Å². The van der Waals surface area contributed by atoms with Crippen LogP contribution in [0.5, 0.6) is 0 Å². The quantitative estimate of drug-likeness (QED) is 0.657. The molecule has 0 saturated carbocycles. The van der Waals surface area contributed by atoms with E-state index < -0.39 is 6.10 Å². The van der Waals surface area contributed by atoms with Crippen molar-refractivity contribution in [2.75, 3.05) is 13.6 Å². The Balaban J connectivity index is 2.18. The van der Waals surface area contributed by atoms with Crippen molar-refractivity contribution in [3.05, 3.63) is 42.2 Å². The molecule has 0 aliphatic rings. The first kappa shape index (κ1) is 11.2. The first-order valence-corrected chi connectivity index (χ1v) is 5.97. The second-order valence-electron chi connectivity index (χ2n) is 4.42. The van der Waals surface area contributed by atoms with Crippen LogP contribution in [0.15, 0.2) is 36.7 Å². The fourth-order valence-electron chi connectivity index (χ4n) is 2.29. The molecule has 1 unspecified atom stereocenters. The highest BCUT2D eigenvalue weighted by molar-refractivity contribution is 6.07. The molecule has 0 fully saturated rings. The summed E-state index contributed by atoms with van der Waals surface area (Å²) in [6, 6.07) is 7.98. The summed E-state index contributed by atoms with van der Waals surface area (Å²) < 4.78 is 0. The molecule has 4 heteroatoms. The lowest BCUT2D eigenvalue weighted by molar-refractivity contribution is 0.178. The predicted molar refractivity (Wildman–Crippen MR) is 72.5 cm³/mol. The number of aliphatic hydroxyl groups excluding tert-OH is 1. The van der Waals surface area contributed by atoms with Crippen LogP contribution in [0.4, 0.5) is 0 Å². The number of pyridine rings is 1. The molecule has 4 nitrogen and oxygen atoms in total. The predicted octanol–water partition coefficient (Wildman–Crippen LogP) is 1.97. The van der Waals surface area contributed by atoms with Gasteiger partial charge in [-0.25, -0.2) is 0 Å². The molecule has 92 valence electrons. The normalized spacial score (nSPS) is 13.2. The first-order valence-electron chi connectivity index (χ1n) is 5.97. The largest absolute Gasteiger partial charge is 0.387 e. The van der Waals surface area contributed by atoms with E-state index in [4.69, 9.17) is 0 Å². The first-order chi connectivity index (χ1) is 8.79. The highest BCUT2D eigenvalue weighted by Gasteiger charge is 2.09. The third kappa shape index (κ3) is 1.75. The third-order valence-corrected chi connectivity index (χ3v) is 3.21. The lowest BCUT2D eigenvalue weighted by atomic mass is 10.1. The minimum absolute atomic E-state index is 0.480. The average Bonchev–Trinajstić information content (AvgIpc) is 2.76. The number of likely N-dealkylation sites (N-methyl/N-ethyl adjacent to an activating group) is 1. The number of hydrogen-bond donors (Lipinski definition) is 3. The number of benzene rings is 1. The molecule has 0 aliphatic carbocycles. The van der Waals surface area contributed by atoms with Gasteiger partial charge in [-0.15, -0.1) is 0 Å². The van der Waals surface area contributed by atoms with Gasteiger partial charge in [-0.1, -0.05) is 6.07 Å². The number of aromatic nitrogens is 2. The number of aromatic amines is 1. The fraction of sp³-hybridized carbons (Fsp3) is 0.214. The van der Waals surface area contributed by atoms with Crippen LogP contribution in [-0.4, -0.2) is 28.7 Å². The highest BCUT2D eigenvalue weighted by Crippen LogP contribution is 2.27. The molecule has 3 N–H and O–H groups in total. The Morgan fingerprint density at radius 3 is 3.00 bits per heavy atom. The molecule has 2 aromatic heterocycles. The number of rotatable bonds is 3. The van der Waals surface area contributed by atoms with Crippen molar-refractivity contribution in [1.82, 2.24) is 15.3 Å². The Kier molecular flexibility index (Phi) is 2.74. The van der Waals surface area contributed by atoms with Crippen LogP contribution < -0.4 is 5.32 Å². The Bertz CT molecular complexity index is 690. The lowest BCUT2D eigenvalue weighted by Gasteiger charge is -2.10. The van der Waals surface area contributed by atoms with E-state index in [2.05, 4.69) is 15.3 Å². The highest BCUT2D eigenvalue weighted by atomic mass is 16.3. The number of H-pyrrole nitrogens is 1. The number of aliphatic hydroxyl groups is 1. The van der Waals surface area contributed by atoms with Gasteiger partial charge in [-0.2, -0.15) is 0 Å². The molecule has 0 aliphatic heterocycles. The van der Waals surface area contributed by atoms with Crippen molar-refractivity contribution in [2.45, 2.75) is 6.10 Å². The Labute approximate surface area is 105 Å². The minimum Gasteiger partial charge on any atom is -0.387 e. The zero-order valence-corrected chi connectivity index (χ0v) is 10.1. The summed E-state index contributed by atoms with van der Waals surface area (Å²) >= 11 is 0. The molecule has 2 heterocycles. The molecule has 1 aromatic carbocycles. The van der Waals surface area contributed by atoms with Crippen molar-refractivity contribution in [3.63, 3.8) is 0 Å². The molecule has 0 spiro atoms. The van der Waals surface area contributed by atoms with Crippen molar-refractivity contribution in [1.29, 1.82) is 0 Å². The van der Waals surface area contributed by atoms with Crippen LogP contribution in [0, 0.1) is 0 Å². The molecular weight excluding hydrogens is 226 g/mol. The minimum atomic E-state index is -0.480. The van der Waals surface area contributed by atoms with Gasteiger partial charge in [0.15, 0.2) is 0 Å². The van der Waals surface area contributed by atoms with E-state index in [1.54, 1.807) is 6.20 Å². The van der Waals surface area contributed by atoms with Gasteiger partial charge < -0.3 is 15.4 Å². The number of nitrogens with one attached hydrogen (secondary N) is 2. The van der Waals surface area contributed by atoms with E-state index in [0.29, 0.717) is 6.54 Å². The van der Waals surface area contributed by atoms with Gasteiger partial charge in [0.25, 0.3) is 0 Å². The van der Waals surface area contributed by atoms with E-state index >= 15 is 0 Å². The lowest BCUT2D eigenvalue weighted by Crippen LogP contribution is -2.16. The monoisotopic (exact) mass is 241 g/mol. The van der Waals surface area contributed by atoms with Crippen LogP contribution in [-0.2, 0) is 0 Å². The molecule has 3 aromatic rings. The van der Waals surface area contributed by atoms with Crippen molar-refractivity contribution in [3.8, 4) is 0 Å². The van der Waals surface area contributed by atoms with E-state index in [0.717, 1.165) is 27.4 Å². The summed E-state index contributed by atoms with van der Waals surface area (Å²) in [6.07, 6.45) is 3.12. The maximum absolute atomic E-state index is 10.0. The van der Waals surface area contributed by atoms with Crippen LogP contribution in [0.2, 0.25) is 0 Å². The molecule has 0 bridgehead atoms. The maximum Gasteiger partial charge on any atom is 0.0914 e. The molecule has 0 radical (unpaired) electrons. The molecular formula is C14H15N3O. The smallest absolute Gasteiger partial charge is 0.0914 e. The van der Waals surface area contributed by atoms with Gasteiger partial charge in [0.1, 0.15) is 0 Å². The van der Waals surface area contributed by atoms with E-state index in [9.17, 15) is 5.11 Å². The van der Waals surface area contributed by atoms with Gasteiger partial charge in [0.05, 0.1) is 17.8 Å². The molecule has 0 amide bonds. The van der Waals surface area contributed by atoms with Crippen LogP contribution in [0.3, 0.4) is 0 Å². The summed E-state index contributed by atoms with van der Waals surface area (Å²) in [4.78, 5) is 7.42. The van der Waals surface area contributed by atoms with E-state index in [1.807, 2.05) is 37.5 Å². The Morgan fingerprint density at radius 1 is 1.28 bits per heavy atom. The topological polar surface area (TPSA) is 60.9 Å². The summed E-state index contributed by atoms with van der Waals surface area (Å²) in [5.41, 5.74) is 3.01. The number of hydrogen-bond acceptors (Lipinski definition) is 3. The third-order valence-electron chi connectivity index (χ3n) is 3.21. The summed E-state index contributed by atoms with van der Waals surface area (Å²) in [5, 5.41) is 15.2. The zero-order chi connectivity index (χ0) is 12.5. The van der Waals surface area contributed by atoms with Crippen LogP contribution >= 0.6 is 0 Å². The Hall–Kier alpha value is -1.91. The summed E-state index contributed by atoms with van der Waals surface area (Å²) in [7, 11) is 1.83. The summed E-state index contributed by atoms with van der Waals surface area (Å²) in [5.74, 6) is 0. The SMILES string of the molecule is CNCC(O)c1ccc2[nH]c3cnccc3c2c1. The van der Waals surface area contributed by atoms with Crippen LogP contribution in [0.25, 0.3) is 21.8 Å². The molecule has 18 heavy (non-hydrogen) atoms. The van der Waals surface area contributed by atoms with Gasteiger partial charge in [0.2, 0.25) is 0 Å². The van der Waals surface area contributed by atoms with Gasteiger partial charge in [-0.05, 0) is 30.8 Å². The van der Waals surface area contributed by atoms with Gasteiger partial charge in [-0.3, -0.25) is 4.98 Å². The van der Waals surface area contributed by atoms with Gasteiger partial charge in [0, 0.05) is 29.0 Å².